The van der Waals surface area contributed by atoms with Crippen molar-refractivity contribution in [1.29, 1.82) is 0 Å². The van der Waals surface area contributed by atoms with Crippen molar-refractivity contribution in [3.05, 3.63) is 29.6 Å². The van der Waals surface area contributed by atoms with Crippen molar-refractivity contribution in [1.82, 2.24) is 4.90 Å². The van der Waals surface area contributed by atoms with E-state index in [0.29, 0.717) is 11.5 Å². The smallest absolute Gasteiger partial charge is 0.321 e. The molecule has 1 aliphatic carbocycles. The number of aliphatic carboxylic acids is 1. The third-order valence-electron chi connectivity index (χ3n) is 4.65. The van der Waals surface area contributed by atoms with Crippen molar-refractivity contribution >= 4 is 5.97 Å². The average molecular weight is 279 g/mol. The van der Waals surface area contributed by atoms with Crippen LogP contribution in [0.4, 0.5) is 4.39 Å². The lowest BCUT2D eigenvalue weighted by atomic mass is 9.94. The Hall–Kier alpha value is -1.62. The lowest BCUT2D eigenvalue weighted by molar-refractivity contribution is -0.143. The van der Waals surface area contributed by atoms with Gasteiger partial charge in [-0.05, 0) is 42.9 Å². The van der Waals surface area contributed by atoms with E-state index in [-0.39, 0.29) is 18.2 Å². The van der Waals surface area contributed by atoms with Gasteiger partial charge in [0, 0.05) is 18.7 Å². The molecule has 5 heteroatoms. The van der Waals surface area contributed by atoms with Crippen LogP contribution in [-0.2, 0) is 11.3 Å². The molecule has 1 aliphatic heterocycles. The van der Waals surface area contributed by atoms with Gasteiger partial charge in [0.1, 0.15) is 17.6 Å². The maximum atomic E-state index is 13.3. The Morgan fingerprint density at radius 3 is 2.95 bits per heavy atom. The van der Waals surface area contributed by atoms with Crippen LogP contribution in [0.3, 0.4) is 0 Å². The number of likely N-dealkylation sites (tertiary alicyclic amines) is 1. The summed E-state index contributed by atoms with van der Waals surface area (Å²) >= 11 is 0. The molecule has 4 nitrogen and oxygen atoms in total. The minimum Gasteiger partial charge on any atom is -0.508 e. The van der Waals surface area contributed by atoms with Gasteiger partial charge in [-0.25, -0.2) is 4.39 Å². The summed E-state index contributed by atoms with van der Waals surface area (Å²) in [6.45, 7) is 1.01. The fourth-order valence-electron chi connectivity index (χ4n) is 3.80. The first-order valence-corrected chi connectivity index (χ1v) is 7.00. The first kappa shape index (κ1) is 13.4. The molecule has 1 aromatic carbocycles. The highest BCUT2D eigenvalue weighted by Gasteiger charge is 2.47. The summed E-state index contributed by atoms with van der Waals surface area (Å²) in [4.78, 5) is 13.4. The Kier molecular flexibility index (Phi) is 3.38. The predicted octanol–water partition coefficient (Wildman–Crippen LogP) is 2.22. The van der Waals surface area contributed by atoms with Crippen LogP contribution in [0.5, 0.6) is 5.75 Å². The molecule has 3 unspecified atom stereocenters. The number of hydrogen-bond acceptors (Lipinski definition) is 3. The second kappa shape index (κ2) is 5.05. The number of nitrogens with zero attached hydrogens (tertiary/aromatic N) is 1. The number of carbonyl (C=O) groups is 1. The number of aromatic hydroxyl groups is 1. The van der Waals surface area contributed by atoms with E-state index < -0.39 is 17.8 Å². The molecule has 0 spiro atoms. The summed E-state index contributed by atoms with van der Waals surface area (Å²) in [6.07, 6.45) is 3.12. The molecular weight excluding hydrogens is 261 g/mol. The summed E-state index contributed by atoms with van der Waals surface area (Å²) in [5, 5.41) is 19.2. The zero-order valence-electron chi connectivity index (χ0n) is 11.1. The van der Waals surface area contributed by atoms with Crippen LogP contribution in [0, 0.1) is 17.7 Å². The molecule has 20 heavy (non-hydrogen) atoms. The quantitative estimate of drug-likeness (QED) is 0.890. The van der Waals surface area contributed by atoms with Gasteiger partial charge < -0.3 is 10.2 Å². The zero-order chi connectivity index (χ0) is 14.3. The van der Waals surface area contributed by atoms with Crippen LogP contribution in [0.15, 0.2) is 18.2 Å². The third kappa shape index (κ3) is 2.26. The van der Waals surface area contributed by atoms with Crippen molar-refractivity contribution in [2.75, 3.05) is 6.54 Å². The topological polar surface area (TPSA) is 60.8 Å². The molecule has 0 aromatic heterocycles. The maximum absolute atomic E-state index is 13.3. The van der Waals surface area contributed by atoms with Gasteiger partial charge in [0.2, 0.25) is 0 Å². The molecule has 1 aromatic rings. The fraction of sp³-hybridized carbons (Fsp3) is 0.533. The molecule has 2 N–H and O–H groups in total. The van der Waals surface area contributed by atoms with Gasteiger partial charge in [0.15, 0.2) is 0 Å². The molecule has 0 radical (unpaired) electrons. The van der Waals surface area contributed by atoms with E-state index in [1.807, 2.05) is 4.90 Å². The number of carboxylic acid groups (broad SMARTS) is 1. The molecule has 1 saturated carbocycles. The van der Waals surface area contributed by atoms with Gasteiger partial charge in [-0.2, -0.15) is 0 Å². The van der Waals surface area contributed by atoms with Gasteiger partial charge in [-0.1, -0.05) is 6.42 Å². The van der Waals surface area contributed by atoms with E-state index in [9.17, 15) is 19.4 Å². The monoisotopic (exact) mass is 279 g/mol. The minimum absolute atomic E-state index is 0.0209. The molecule has 3 atom stereocenters. The molecule has 2 aliphatic rings. The van der Waals surface area contributed by atoms with Gasteiger partial charge >= 0.3 is 5.97 Å². The number of hydrogen-bond donors (Lipinski definition) is 2. The van der Waals surface area contributed by atoms with E-state index in [2.05, 4.69) is 0 Å². The van der Waals surface area contributed by atoms with Crippen molar-refractivity contribution in [3.63, 3.8) is 0 Å². The molecule has 3 rings (SSSR count). The van der Waals surface area contributed by atoms with Crippen LogP contribution in [0.1, 0.15) is 24.8 Å². The van der Waals surface area contributed by atoms with Crippen molar-refractivity contribution < 1.29 is 19.4 Å². The number of fused-ring (bicyclic) bond motifs is 1. The molecule has 1 saturated heterocycles. The van der Waals surface area contributed by atoms with Crippen LogP contribution in [0.25, 0.3) is 0 Å². The van der Waals surface area contributed by atoms with Crippen LogP contribution >= 0.6 is 0 Å². The maximum Gasteiger partial charge on any atom is 0.321 e. The number of phenols is 1. The van der Waals surface area contributed by atoms with Crippen LogP contribution < -0.4 is 0 Å². The highest BCUT2D eigenvalue weighted by Crippen LogP contribution is 2.43. The molecule has 0 amide bonds. The number of benzene rings is 1. The Morgan fingerprint density at radius 1 is 1.40 bits per heavy atom. The van der Waals surface area contributed by atoms with E-state index >= 15 is 0 Å². The summed E-state index contributed by atoms with van der Waals surface area (Å²) in [6, 6.07) is 3.29. The Bertz CT molecular complexity index is 534. The van der Waals surface area contributed by atoms with Crippen LogP contribution in [0.2, 0.25) is 0 Å². The normalized spacial score (nSPS) is 29.6. The van der Waals surface area contributed by atoms with Gasteiger partial charge in [0.25, 0.3) is 0 Å². The zero-order valence-corrected chi connectivity index (χ0v) is 11.1. The average Bonchev–Trinajstić information content (AvgIpc) is 2.93. The number of phenolic OH excluding ortho intramolecular Hbond substituents is 1. The van der Waals surface area contributed by atoms with Gasteiger partial charge in [-0.3, -0.25) is 9.69 Å². The summed E-state index contributed by atoms with van der Waals surface area (Å²) < 4.78 is 13.3. The highest BCUT2D eigenvalue weighted by atomic mass is 19.1. The fourth-order valence-corrected chi connectivity index (χ4v) is 3.80. The molecular formula is C15H18FNO3. The largest absolute Gasteiger partial charge is 0.508 e. The predicted molar refractivity (Wildman–Crippen MR) is 70.7 cm³/mol. The summed E-state index contributed by atoms with van der Waals surface area (Å²) in [5.41, 5.74) is 0.455. The van der Waals surface area contributed by atoms with Crippen molar-refractivity contribution in [2.45, 2.75) is 31.8 Å². The Labute approximate surface area is 116 Å². The SMILES string of the molecule is O=C(O)C1C2CCCC2CN1Cc1cc(F)ccc1O. The Morgan fingerprint density at radius 2 is 2.20 bits per heavy atom. The highest BCUT2D eigenvalue weighted by molar-refractivity contribution is 5.74. The van der Waals surface area contributed by atoms with Gasteiger partial charge in [-0.15, -0.1) is 0 Å². The van der Waals surface area contributed by atoms with E-state index in [1.54, 1.807) is 0 Å². The molecule has 0 bridgehead atoms. The van der Waals surface area contributed by atoms with Crippen LogP contribution in [-0.4, -0.2) is 33.7 Å². The second-order valence-corrected chi connectivity index (χ2v) is 5.84. The van der Waals surface area contributed by atoms with Crippen molar-refractivity contribution in [2.24, 2.45) is 11.8 Å². The summed E-state index contributed by atoms with van der Waals surface area (Å²) in [7, 11) is 0. The lowest BCUT2D eigenvalue weighted by Gasteiger charge is -2.24. The summed E-state index contributed by atoms with van der Waals surface area (Å²) in [5.74, 6) is -0.582. The van der Waals surface area contributed by atoms with E-state index in [1.165, 1.54) is 18.2 Å². The first-order valence-electron chi connectivity index (χ1n) is 7.00. The number of carboxylic acids is 1. The van der Waals surface area contributed by atoms with E-state index in [0.717, 1.165) is 25.8 Å². The first-order chi connectivity index (χ1) is 9.56. The number of halogens is 1. The second-order valence-electron chi connectivity index (χ2n) is 5.84. The van der Waals surface area contributed by atoms with E-state index in [4.69, 9.17) is 0 Å². The number of rotatable bonds is 3. The lowest BCUT2D eigenvalue weighted by Crippen LogP contribution is -2.39. The van der Waals surface area contributed by atoms with Gasteiger partial charge in [0.05, 0.1) is 0 Å². The molecule has 1 heterocycles. The Balaban J connectivity index is 1.82. The molecule has 108 valence electrons. The molecule has 2 fully saturated rings. The van der Waals surface area contributed by atoms with Crippen molar-refractivity contribution in [3.8, 4) is 5.75 Å². The third-order valence-corrected chi connectivity index (χ3v) is 4.65. The minimum atomic E-state index is -0.810. The standard InChI is InChI=1S/C15H18FNO3/c16-11-4-5-13(18)10(6-11)8-17-7-9-2-1-3-12(9)14(17)15(19)20/h4-6,9,12,14,18H,1-3,7-8H2,(H,19,20).